The molecule has 0 bridgehead atoms. The van der Waals surface area contributed by atoms with E-state index in [1.54, 1.807) is 6.20 Å². The molecule has 0 radical (unpaired) electrons. The van der Waals surface area contributed by atoms with Crippen LogP contribution < -0.4 is 9.80 Å². The summed E-state index contributed by atoms with van der Waals surface area (Å²) in [5, 5.41) is 0.683. The zero-order chi connectivity index (χ0) is 13.9. The molecule has 1 fully saturated rings. The Kier molecular flexibility index (Phi) is 3.74. The van der Waals surface area contributed by atoms with Crippen LogP contribution >= 0.6 is 11.6 Å². The summed E-state index contributed by atoms with van der Waals surface area (Å²) in [7, 11) is 0. The molecule has 1 aromatic carbocycles. The molecular weight excluding hydrogens is 277 g/mol. The average Bonchev–Trinajstić information content (AvgIpc) is 2.49. The monoisotopic (exact) mass is 291 g/mol. The third-order valence-electron chi connectivity index (χ3n) is 3.51. The topological polar surface area (TPSA) is 19.4 Å². The van der Waals surface area contributed by atoms with Crippen LogP contribution in [0.3, 0.4) is 0 Å². The van der Waals surface area contributed by atoms with Gasteiger partial charge in [-0.05, 0) is 36.4 Å². The third kappa shape index (κ3) is 2.70. The van der Waals surface area contributed by atoms with Crippen molar-refractivity contribution in [3.8, 4) is 0 Å². The quantitative estimate of drug-likeness (QED) is 0.847. The number of anilines is 2. The van der Waals surface area contributed by atoms with Gasteiger partial charge >= 0.3 is 0 Å². The normalized spacial score (nSPS) is 15.5. The van der Waals surface area contributed by atoms with Crippen molar-refractivity contribution < 1.29 is 4.39 Å². The summed E-state index contributed by atoms with van der Waals surface area (Å²) in [5.74, 6) is 0.639. The van der Waals surface area contributed by atoms with Gasteiger partial charge in [0.1, 0.15) is 11.6 Å². The van der Waals surface area contributed by atoms with Crippen LogP contribution in [0, 0.1) is 5.82 Å². The smallest absolute Gasteiger partial charge is 0.147 e. The number of nitrogens with zero attached hydrogens (tertiary/aromatic N) is 3. The molecule has 0 unspecified atom stereocenters. The van der Waals surface area contributed by atoms with Gasteiger partial charge in [0.05, 0.1) is 5.02 Å². The summed E-state index contributed by atoms with van der Waals surface area (Å²) in [6.45, 7) is 3.46. The third-order valence-corrected chi connectivity index (χ3v) is 3.81. The van der Waals surface area contributed by atoms with Crippen molar-refractivity contribution in [1.82, 2.24) is 4.98 Å². The van der Waals surface area contributed by atoms with Crippen molar-refractivity contribution in [3.05, 3.63) is 53.4 Å². The van der Waals surface area contributed by atoms with Crippen molar-refractivity contribution in [2.75, 3.05) is 36.0 Å². The first-order valence-corrected chi connectivity index (χ1v) is 6.98. The van der Waals surface area contributed by atoms with Crippen molar-refractivity contribution in [2.24, 2.45) is 0 Å². The minimum absolute atomic E-state index is 0.201. The highest BCUT2D eigenvalue weighted by atomic mass is 35.5. The van der Waals surface area contributed by atoms with Gasteiger partial charge in [0.15, 0.2) is 0 Å². The molecule has 0 atom stereocenters. The lowest BCUT2D eigenvalue weighted by Crippen LogP contribution is -2.46. The Morgan fingerprint density at radius 1 is 0.950 bits per heavy atom. The predicted octanol–water partition coefficient (Wildman–Crippen LogP) is 3.20. The van der Waals surface area contributed by atoms with Gasteiger partial charge in [-0.3, -0.25) is 0 Å². The lowest BCUT2D eigenvalue weighted by Gasteiger charge is -2.37. The number of benzene rings is 1. The van der Waals surface area contributed by atoms with Crippen LogP contribution in [-0.2, 0) is 0 Å². The van der Waals surface area contributed by atoms with Crippen LogP contribution in [0.5, 0.6) is 0 Å². The number of hydrogen-bond acceptors (Lipinski definition) is 3. The van der Waals surface area contributed by atoms with Gasteiger partial charge < -0.3 is 9.80 Å². The fourth-order valence-electron chi connectivity index (χ4n) is 2.44. The first kappa shape index (κ1) is 13.2. The number of piperazine rings is 1. The second-order valence-corrected chi connectivity index (χ2v) is 5.17. The summed E-state index contributed by atoms with van der Waals surface area (Å²) in [6, 6.07) is 10.3. The maximum atomic E-state index is 12.9. The van der Waals surface area contributed by atoms with Gasteiger partial charge in [-0.1, -0.05) is 11.6 Å². The van der Waals surface area contributed by atoms with Crippen molar-refractivity contribution in [2.45, 2.75) is 0 Å². The Labute approximate surface area is 122 Å². The number of rotatable bonds is 2. The zero-order valence-corrected chi connectivity index (χ0v) is 11.7. The van der Waals surface area contributed by atoms with E-state index >= 15 is 0 Å². The predicted molar refractivity (Wildman–Crippen MR) is 80.1 cm³/mol. The van der Waals surface area contributed by atoms with Crippen molar-refractivity contribution >= 4 is 23.1 Å². The van der Waals surface area contributed by atoms with Gasteiger partial charge in [0.2, 0.25) is 0 Å². The molecule has 1 aliphatic heterocycles. The minimum Gasteiger partial charge on any atom is -0.368 e. The Bertz CT molecular complexity index is 580. The Morgan fingerprint density at radius 2 is 1.60 bits per heavy atom. The lowest BCUT2D eigenvalue weighted by atomic mass is 10.2. The van der Waals surface area contributed by atoms with Crippen LogP contribution in [0.15, 0.2) is 42.6 Å². The maximum absolute atomic E-state index is 12.9. The summed E-state index contributed by atoms with van der Waals surface area (Å²) < 4.78 is 12.9. The van der Waals surface area contributed by atoms with Gasteiger partial charge in [0.25, 0.3) is 0 Å². The van der Waals surface area contributed by atoms with Crippen molar-refractivity contribution in [1.29, 1.82) is 0 Å². The van der Waals surface area contributed by atoms with E-state index in [1.165, 1.54) is 12.1 Å². The van der Waals surface area contributed by atoms with E-state index in [-0.39, 0.29) is 5.82 Å². The first-order chi connectivity index (χ1) is 9.74. The number of pyridine rings is 1. The molecule has 0 amide bonds. The molecule has 2 heterocycles. The maximum Gasteiger partial charge on any atom is 0.147 e. The molecule has 0 spiro atoms. The highest BCUT2D eigenvalue weighted by Crippen LogP contribution is 2.24. The summed E-state index contributed by atoms with van der Waals surface area (Å²) in [6.07, 6.45) is 1.76. The van der Waals surface area contributed by atoms with E-state index in [2.05, 4.69) is 14.8 Å². The fraction of sp³-hybridized carbons (Fsp3) is 0.267. The fourth-order valence-corrected chi connectivity index (χ4v) is 2.68. The Hall–Kier alpha value is -1.81. The van der Waals surface area contributed by atoms with Crippen LogP contribution in [-0.4, -0.2) is 31.2 Å². The average molecular weight is 292 g/mol. The van der Waals surface area contributed by atoms with Crippen LogP contribution in [0.25, 0.3) is 0 Å². The SMILES string of the molecule is Fc1ccc(N2CCN(c3ncccc3Cl)CC2)cc1. The molecule has 2 aromatic rings. The molecule has 3 rings (SSSR count). The largest absolute Gasteiger partial charge is 0.368 e. The van der Waals surface area contributed by atoms with E-state index in [1.807, 2.05) is 24.3 Å². The molecule has 1 aromatic heterocycles. The van der Waals surface area contributed by atoms with Gasteiger partial charge in [-0.25, -0.2) is 9.37 Å². The molecule has 104 valence electrons. The molecule has 1 aliphatic rings. The highest BCUT2D eigenvalue weighted by Gasteiger charge is 2.19. The summed E-state index contributed by atoms with van der Waals surface area (Å²) in [4.78, 5) is 8.76. The lowest BCUT2D eigenvalue weighted by molar-refractivity contribution is 0.624. The van der Waals surface area contributed by atoms with E-state index in [4.69, 9.17) is 11.6 Å². The minimum atomic E-state index is -0.201. The second kappa shape index (κ2) is 5.67. The molecule has 0 aliphatic carbocycles. The number of aromatic nitrogens is 1. The number of halogens is 2. The van der Waals surface area contributed by atoms with Crippen LogP contribution in [0.1, 0.15) is 0 Å². The standard InChI is InChI=1S/C15H15ClFN3/c16-14-2-1-7-18-15(14)20-10-8-19(9-11-20)13-5-3-12(17)4-6-13/h1-7H,8-11H2. The molecule has 3 nitrogen and oxygen atoms in total. The molecular formula is C15H15ClFN3. The van der Waals surface area contributed by atoms with Crippen LogP contribution in [0.2, 0.25) is 5.02 Å². The van der Waals surface area contributed by atoms with Crippen LogP contribution in [0.4, 0.5) is 15.9 Å². The number of hydrogen-bond donors (Lipinski definition) is 0. The van der Waals surface area contributed by atoms with E-state index in [9.17, 15) is 4.39 Å². The first-order valence-electron chi connectivity index (χ1n) is 6.60. The molecule has 0 saturated carbocycles. The molecule has 0 N–H and O–H groups in total. The van der Waals surface area contributed by atoms with Gasteiger partial charge in [0, 0.05) is 38.1 Å². The zero-order valence-electron chi connectivity index (χ0n) is 11.0. The summed E-state index contributed by atoms with van der Waals surface area (Å²) in [5.41, 5.74) is 1.05. The molecule has 20 heavy (non-hydrogen) atoms. The molecule has 1 saturated heterocycles. The Morgan fingerprint density at radius 3 is 2.25 bits per heavy atom. The summed E-state index contributed by atoms with van der Waals surface area (Å²) >= 11 is 6.17. The van der Waals surface area contributed by atoms with Gasteiger partial charge in [-0.2, -0.15) is 0 Å². The van der Waals surface area contributed by atoms with E-state index in [0.29, 0.717) is 5.02 Å². The van der Waals surface area contributed by atoms with Crippen molar-refractivity contribution in [3.63, 3.8) is 0 Å². The van der Waals surface area contributed by atoms with E-state index in [0.717, 1.165) is 37.7 Å². The Balaban J connectivity index is 1.68. The highest BCUT2D eigenvalue weighted by molar-refractivity contribution is 6.32. The second-order valence-electron chi connectivity index (χ2n) is 4.76. The molecule has 5 heteroatoms. The van der Waals surface area contributed by atoms with Gasteiger partial charge in [-0.15, -0.1) is 0 Å². The van der Waals surface area contributed by atoms with E-state index < -0.39 is 0 Å².